The number of carboxylic acids is 1. The molecular formula is C17H10F2O4. The largest absolute Gasteiger partial charge is 0.477 e. The third-order valence-electron chi connectivity index (χ3n) is 3.47. The van der Waals surface area contributed by atoms with Gasteiger partial charge in [0.1, 0.15) is 17.2 Å². The topological polar surface area (TPSA) is 67.5 Å². The highest BCUT2D eigenvalue weighted by atomic mass is 19.1. The smallest absolute Gasteiger partial charge is 0.343 e. The third-order valence-corrected chi connectivity index (χ3v) is 3.47. The minimum Gasteiger partial charge on any atom is -0.477 e. The molecule has 0 saturated carbocycles. The number of hydrogen-bond donors (Lipinski definition) is 1. The first kappa shape index (κ1) is 14.9. The molecule has 0 unspecified atom stereocenters. The van der Waals surface area contributed by atoms with E-state index in [0.29, 0.717) is 11.6 Å². The van der Waals surface area contributed by atoms with Crippen LogP contribution in [0.3, 0.4) is 0 Å². The van der Waals surface area contributed by atoms with Crippen molar-refractivity contribution >= 4 is 16.9 Å². The molecule has 116 valence electrons. The predicted molar refractivity (Wildman–Crippen MR) is 79.5 cm³/mol. The average Bonchev–Trinajstić information content (AvgIpc) is 2.45. The summed E-state index contributed by atoms with van der Waals surface area (Å²) in [6.07, 6.45) is 0. The standard InChI is InChI=1S/C17H10F2O4/c1-8-3-2-4-12-13(8)15(20)14(17(21)22)16(23-12)9-5-10(18)7-11(19)6-9/h2-7H,1H3,(H,21,22). The van der Waals surface area contributed by atoms with Gasteiger partial charge in [-0.15, -0.1) is 0 Å². The van der Waals surface area contributed by atoms with Crippen molar-refractivity contribution in [2.75, 3.05) is 0 Å². The lowest BCUT2D eigenvalue weighted by atomic mass is 10.0. The van der Waals surface area contributed by atoms with Crippen molar-refractivity contribution in [1.82, 2.24) is 0 Å². The van der Waals surface area contributed by atoms with Gasteiger partial charge in [0.15, 0.2) is 11.3 Å². The van der Waals surface area contributed by atoms with Gasteiger partial charge in [0.2, 0.25) is 5.43 Å². The second-order valence-corrected chi connectivity index (χ2v) is 5.05. The van der Waals surface area contributed by atoms with Crippen LogP contribution in [0.4, 0.5) is 8.78 Å². The molecule has 0 fully saturated rings. The zero-order valence-corrected chi connectivity index (χ0v) is 11.9. The van der Waals surface area contributed by atoms with Crippen LogP contribution >= 0.6 is 0 Å². The van der Waals surface area contributed by atoms with Crippen molar-refractivity contribution in [2.45, 2.75) is 6.92 Å². The molecule has 1 aromatic heterocycles. The number of fused-ring (bicyclic) bond motifs is 1. The molecule has 0 aliphatic heterocycles. The predicted octanol–water partition coefficient (Wildman–Crippen LogP) is 3.74. The molecule has 6 heteroatoms. The average molecular weight is 316 g/mol. The molecule has 1 heterocycles. The number of aromatic carboxylic acids is 1. The Morgan fingerprint density at radius 3 is 2.39 bits per heavy atom. The van der Waals surface area contributed by atoms with Gasteiger partial charge in [-0.25, -0.2) is 13.6 Å². The highest BCUT2D eigenvalue weighted by Crippen LogP contribution is 2.28. The van der Waals surface area contributed by atoms with E-state index in [4.69, 9.17) is 4.42 Å². The van der Waals surface area contributed by atoms with Crippen LogP contribution in [0.1, 0.15) is 15.9 Å². The van der Waals surface area contributed by atoms with Crippen LogP contribution in [0, 0.1) is 18.6 Å². The van der Waals surface area contributed by atoms with E-state index in [-0.39, 0.29) is 22.3 Å². The molecule has 0 atom stereocenters. The fraction of sp³-hybridized carbons (Fsp3) is 0.0588. The highest BCUT2D eigenvalue weighted by molar-refractivity contribution is 5.98. The van der Waals surface area contributed by atoms with Gasteiger partial charge in [0.05, 0.1) is 5.39 Å². The summed E-state index contributed by atoms with van der Waals surface area (Å²) in [7, 11) is 0. The van der Waals surface area contributed by atoms with E-state index >= 15 is 0 Å². The van der Waals surface area contributed by atoms with Gasteiger partial charge >= 0.3 is 5.97 Å². The van der Waals surface area contributed by atoms with Crippen molar-refractivity contribution in [3.05, 3.63) is 69.4 Å². The van der Waals surface area contributed by atoms with Crippen LogP contribution < -0.4 is 5.43 Å². The SMILES string of the molecule is Cc1cccc2oc(-c3cc(F)cc(F)c3)c(C(=O)O)c(=O)c12. The van der Waals surface area contributed by atoms with Crippen molar-refractivity contribution in [3.63, 3.8) is 0 Å². The Hall–Kier alpha value is -3.02. The Labute approximate surface area is 128 Å². The van der Waals surface area contributed by atoms with Crippen LogP contribution in [0.5, 0.6) is 0 Å². The van der Waals surface area contributed by atoms with E-state index in [1.165, 1.54) is 6.07 Å². The Morgan fingerprint density at radius 1 is 1.13 bits per heavy atom. The summed E-state index contributed by atoms with van der Waals surface area (Å²) >= 11 is 0. The fourth-order valence-corrected chi connectivity index (χ4v) is 2.49. The molecule has 23 heavy (non-hydrogen) atoms. The number of benzene rings is 2. The number of halogens is 2. The molecule has 2 aromatic carbocycles. The second kappa shape index (κ2) is 5.31. The Bertz CT molecular complexity index is 985. The molecule has 0 saturated heterocycles. The monoisotopic (exact) mass is 316 g/mol. The molecule has 1 N–H and O–H groups in total. The van der Waals surface area contributed by atoms with Crippen LogP contribution in [-0.2, 0) is 0 Å². The van der Waals surface area contributed by atoms with E-state index in [0.717, 1.165) is 12.1 Å². The lowest BCUT2D eigenvalue weighted by Crippen LogP contribution is -2.17. The summed E-state index contributed by atoms with van der Waals surface area (Å²) in [5.74, 6) is -3.70. The molecule has 0 bridgehead atoms. The van der Waals surface area contributed by atoms with Crippen molar-refractivity contribution in [2.24, 2.45) is 0 Å². The number of rotatable bonds is 2. The van der Waals surface area contributed by atoms with E-state index < -0.39 is 28.6 Å². The van der Waals surface area contributed by atoms with Gasteiger partial charge in [-0.3, -0.25) is 4.79 Å². The number of hydrogen-bond acceptors (Lipinski definition) is 3. The lowest BCUT2D eigenvalue weighted by molar-refractivity contribution is 0.0694. The van der Waals surface area contributed by atoms with Gasteiger partial charge in [-0.05, 0) is 30.7 Å². The maximum absolute atomic E-state index is 13.4. The van der Waals surface area contributed by atoms with E-state index in [2.05, 4.69) is 0 Å². The van der Waals surface area contributed by atoms with E-state index in [1.54, 1.807) is 19.1 Å². The first-order chi connectivity index (χ1) is 10.9. The van der Waals surface area contributed by atoms with Gasteiger partial charge in [-0.1, -0.05) is 12.1 Å². The summed E-state index contributed by atoms with van der Waals surface area (Å²) < 4.78 is 32.3. The second-order valence-electron chi connectivity index (χ2n) is 5.05. The van der Waals surface area contributed by atoms with Crippen molar-refractivity contribution in [3.8, 4) is 11.3 Å². The fourth-order valence-electron chi connectivity index (χ4n) is 2.49. The van der Waals surface area contributed by atoms with Gasteiger partial charge in [0, 0.05) is 11.6 Å². The lowest BCUT2D eigenvalue weighted by Gasteiger charge is -2.09. The van der Waals surface area contributed by atoms with Gasteiger partial charge in [0.25, 0.3) is 0 Å². The molecule has 3 rings (SSSR count). The molecule has 4 nitrogen and oxygen atoms in total. The third kappa shape index (κ3) is 2.48. The minimum atomic E-state index is -1.52. The Balaban J connectivity index is 2.47. The molecular weight excluding hydrogens is 306 g/mol. The van der Waals surface area contributed by atoms with Crippen molar-refractivity contribution in [1.29, 1.82) is 0 Å². The van der Waals surface area contributed by atoms with Crippen molar-refractivity contribution < 1.29 is 23.1 Å². The van der Waals surface area contributed by atoms with E-state index in [1.807, 2.05) is 0 Å². The number of aryl methyl sites for hydroxylation is 1. The summed E-state index contributed by atoms with van der Waals surface area (Å²) in [6, 6.07) is 7.25. The van der Waals surface area contributed by atoms with Crippen LogP contribution in [0.2, 0.25) is 0 Å². The maximum Gasteiger partial charge on any atom is 0.343 e. The normalized spacial score (nSPS) is 10.9. The van der Waals surface area contributed by atoms with Gasteiger partial charge in [-0.2, -0.15) is 0 Å². The first-order valence-corrected chi connectivity index (χ1v) is 6.64. The molecule has 3 aromatic rings. The number of carboxylic acid groups (broad SMARTS) is 1. The first-order valence-electron chi connectivity index (χ1n) is 6.64. The summed E-state index contributed by atoms with van der Waals surface area (Å²) in [5, 5.41) is 9.48. The zero-order valence-electron chi connectivity index (χ0n) is 11.9. The molecule has 0 aliphatic carbocycles. The van der Waals surface area contributed by atoms with Crippen LogP contribution in [0.15, 0.2) is 45.6 Å². The van der Waals surface area contributed by atoms with E-state index in [9.17, 15) is 23.5 Å². The summed E-state index contributed by atoms with van der Waals surface area (Å²) in [6.45, 7) is 1.65. The molecule has 0 amide bonds. The van der Waals surface area contributed by atoms with Gasteiger partial charge < -0.3 is 9.52 Å². The molecule has 0 radical (unpaired) electrons. The Kier molecular flexibility index (Phi) is 3.44. The highest BCUT2D eigenvalue weighted by Gasteiger charge is 2.23. The zero-order chi connectivity index (χ0) is 16.7. The van der Waals surface area contributed by atoms with Crippen LogP contribution in [0.25, 0.3) is 22.3 Å². The Morgan fingerprint density at radius 2 is 1.78 bits per heavy atom. The quantitative estimate of drug-likeness (QED) is 0.782. The summed E-state index contributed by atoms with van der Waals surface area (Å²) in [5.41, 5.74) is -0.857. The van der Waals surface area contributed by atoms with Crippen LogP contribution in [-0.4, -0.2) is 11.1 Å². The molecule has 0 aliphatic rings. The summed E-state index contributed by atoms with van der Waals surface area (Å²) in [4.78, 5) is 24.0. The maximum atomic E-state index is 13.4. The minimum absolute atomic E-state index is 0.130. The number of carbonyl (C=O) groups is 1. The molecule has 0 spiro atoms.